The molecule has 0 radical (unpaired) electrons. The molecule has 0 unspecified atom stereocenters. The highest BCUT2D eigenvalue weighted by Gasteiger charge is 2.40. The van der Waals surface area contributed by atoms with Crippen LogP contribution in [0.3, 0.4) is 0 Å². The second-order valence-corrected chi connectivity index (χ2v) is 9.58. The minimum atomic E-state index is -3.84. The number of nitrogens with zero attached hydrogens (tertiary/aromatic N) is 1. The molecule has 2 aromatic carbocycles. The van der Waals surface area contributed by atoms with Gasteiger partial charge in [-0.1, -0.05) is 50.8 Å². The third-order valence-corrected chi connectivity index (χ3v) is 7.26. The Bertz CT molecular complexity index is 1030. The molecule has 1 amide bonds. The van der Waals surface area contributed by atoms with Crippen LogP contribution in [0.25, 0.3) is 5.57 Å². The van der Waals surface area contributed by atoms with Gasteiger partial charge in [0.2, 0.25) is 15.9 Å². The fourth-order valence-electron chi connectivity index (χ4n) is 3.70. The van der Waals surface area contributed by atoms with Gasteiger partial charge in [-0.15, -0.1) is 0 Å². The number of carbonyl (C=O) groups is 1. The van der Waals surface area contributed by atoms with Gasteiger partial charge in [0.1, 0.15) is 11.8 Å². The Balaban J connectivity index is 1.86. The number of benzene rings is 2. The quantitative estimate of drug-likeness (QED) is 0.765. The molecule has 6 nitrogen and oxygen atoms in total. The minimum absolute atomic E-state index is 0.200. The number of hydrogen-bond donors (Lipinski definition) is 1. The zero-order valence-corrected chi connectivity index (χ0v) is 18.4. The number of methoxy groups -OCH3 is 1. The van der Waals surface area contributed by atoms with E-state index in [0.29, 0.717) is 18.5 Å². The van der Waals surface area contributed by atoms with E-state index in [-0.39, 0.29) is 23.3 Å². The van der Waals surface area contributed by atoms with Crippen molar-refractivity contribution in [2.45, 2.75) is 37.8 Å². The molecule has 0 fully saturated rings. The normalized spacial score (nSPS) is 17.1. The molecular weight excluding hydrogens is 400 g/mol. The van der Waals surface area contributed by atoms with Crippen molar-refractivity contribution in [1.29, 1.82) is 0 Å². The molecule has 0 spiro atoms. The summed E-state index contributed by atoms with van der Waals surface area (Å²) in [7, 11) is -2.24. The van der Waals surface area contributed by atoms with E-state index < -0.39 is 16.1 Å². The molecule has 0 saturated heterocycles. The fraction of sp³-hybridized carbons (Fsp3) is 0.348. The van der Waals surface area contributed by atoms with Gasteiger partial charge in [0.05, 0.1) is 12.0 Å². The first-order valence-corrected chi connectivity index (χ1v) is 11.4. The molecule has 160 valence electrons. The lowest BCUT2D eigenvalue weighted by molar-refractivity contribution is -0.126. The molecule has 7 heteroatoms. The van der Waals surface area contributed by atoms with E-state index in [1.165, 1.54) is 4.31 Å². The number of hydrogen-bond acceptors (Lipinski definition) is 4. The van der Waals surface area contributed by atoms with Crippen molar-refractivity contribution in [3.05, 3.63) is 66.2 Å². The minimum Gasteiger partial charge on any atom is -0.497 e. The summed E-state index contributed by atoms with van der Waals surface area (Å²) in [5, 5.41) is 2.90. The lowest BCUT2D eigenvalue weighted by Crippen LogP contribution is -2.52. The van der Waals surface area contributed by atoms with E-state index in [1.807, 2.05) is 38.1 Å². The number of rotatable bonds is 6. The summed E-state index contributed by atoms with van der Waals surface area (Å²) in [6.45, 7) is 8.30. The van der Waals surface area contributed by atoms with Crippen LogP contribution in [0.4, 0.5) is 0 Å². The Morgan fingerprint density at radius 2 is 1.83 bits per heavy atom. The van der Waals surface area contributed by atoms with E-state index in [0.717, 1.165) is 16.9 Å². The first kappa shape index (κ1) is 22.1. The second-order valence-electron chi connectivity index (χ2n) is 7.72. The highest BCUT2D eigenvalue weighted by atomic mass is 32.2. The molecule has 1 N–H and O–H groups in total. The summed E-state index contributed by atoms with van der Waals surface area (Å²) in [6, 6.07) is 13.4. The summed E-state index contributed by atoms with van der Waals surface area (Å²) in [5.41, 5.74) is 2.29. The van der Waals surface area contributed by atoms with Crippen LogP contribution in [-0.2, 0) is 21.4 Å². The number of amides is 1. The molecule has 1 aliphatic heterocycles. The Morgan fingerprint density at radius 1 is 1.17 bits per heavy atom. The highest BCUT2D eigenvalue weighted by Crippen LogP contribution is 2.33. The molecule has 1 heterocycles. The Morgan fingerprint density at radius 3 is 2.47 bits per heavy atom. The first-order valence-electron chi connectivity index (χ1n) is 9.95. The lowest BCUT2D eigenvalue weighted by atomic mass is 10.0. The standard InChI is InChI=1S/C23H28N2O4S/c1-16(2)22(23(26)24-15-18-9-11-19(29-4)12-10-18)25-14-13-17(3)20-7-5-6-8-21(20)30(25,27)28/h5-12,16,22H,3,13-15H2,1-2,4H3,(H,24,26)/t22-/m0/s1. The lowest BCUT2D eigenvalue weighted by Gasteiger charge is -2.31. The van der Waals surface area contributed by atoms with Gasteiger partial charge >= 0.3 is 0 Å². The van der Waals surface area contributed by atoms with Crippen molar-refractivity contribution in [1.82, 2.24) is 9.62 Å². The van der Waals surface area contributed by atoms with E-state index in [9.17, 15) is 13.2 Å². The molecule has 1 atom stereocenters. The predicted molar refractivity (Wildman–Crippen MR) is 117 cm³/mol. The maximum atomic E-state index is 13.5. The maximum absolute atomic E-state index is 13.5. The maximum Gasteiger partial charge on any atom is 0.244 e. The van der Waals surface area contributed by atoms with Crippen LogP contribution in [0.5, 0.6) is 5.75 Å². The molecule has 0 bridgehead atoms. The number of carbonyl (C=O) groups excluding carboxylic acids is 1. The van der Waals surface area contributed by atoms with Crippen molar-refractivity contribution in [2.24, 2.45) is 5.92 Å². The predicted octanol–water partition coefficient (Wildman–Crippen LogP) is 3.44. The summed E-state index contributed by atoms with van der Waals surface area (Å²) in [6.07, 6.45) is 0.477. The summed E-state index contributed by atoms with van der Waals surface area (Å²) in [4.78, 5) is 13.3. The van der Waals surface area contributed by atoms with Crippen LogP contribution in [0.2, 0.25) is 0 Å². The van der Waals surface area contributed by atoms with E-state index in [2.05, 4.69) is 11.9 Å². The van der Waals surface area contributed by atoms with Gasteiger partial charge in [0.25, 0.3) is 0 Å². The van der Waals surface area contributed by atoms with Crippen molar-refractivity contribution in [2.75, 3.05) is 13.7 Å². The molecule has 0 saturated carbocycles. The number of nitrogens with one attached hydrogen (secondary N) is 1. The largest absolute Gasteiger partial charge is 0.497 e. The van der Waals surface area contributed by atoms with Crippen LogP contribution >= 0.6 is 0 Å². The highest BCUT2D eigenvalue weighted by molar-refractivity contribution is 7.89. The Kier molecular flexibility index (Phi) is 6.63. The average Bonchev–Trinajstić information content (AvgIpc) is 2.83. The van der Waals surface area contributed by atoms with Gasteiger partial charge in [-0.2, -0.15) is 4.31 Å². The summed E-state index contributed by atoms with van der Waals surface area (Å²) in [5.74, 6) is 0.225. The number of ether oxygens (including phenoxy) is 1. The second kappa shape index (κ2) is 9.02. The Hall–Kier alpha value is -2.64. The first-order chi connectivity index (χ1) is 14.3. The van der Waals surface area contributed by atoms with Crippen molar-refractivity contribution in [3.8, 4) is 5.75 Å². The SMILES string of the molecule is C=C1CCN([C@H](C(=O)NCc2ccc(OC)cc2)C(C)C)S(=O)(=O)c2ccccc21. The Labute approximate surface area is 178 Å². The zero-order chi connectivity index (χ0) is 21.9. The van der Waals surface area contributed by atoms with Crippen molar-refractivity contribution in [3.63, 3.8) is 0 Å². The van der Waals surface area contributed by atoms with Crippen LogP contribution < -0.4 is 10.1 Å². The molecular formula is C23H28N2O4S. The van der Waals surface area contributed by atoms with Gasteiger partial charge < -0.3 is 10.1 Å². The molecule has 0 aliphatic carbocycles. The number of sulfonamides is 1. The summed E-state index contributed by atoms with van der Waals surface area (Å²) >= 11 is 0. The van der Waals surface area contributed by atoms with Crippen molar-refractivity contribution >= 4 is 21.5 Å². The fourth-order valence-corrected chi connectivity index (χ4v) is 5.67. The van der Waals surface area contributed by atoms with Crippen LogP contribution in [0, 0.1) is 5.92 Å². The van der Waals surface area contributed by atoms with Gasteiger partial charge in [0.15, 0.2) is 0 Å². The molecule has 0 aromatic heterocycles. The van der Waals surface area contributed by atoms with Gasteiger partial charge in [-0.3, -0.25) is 4.79 Å². The van der Waals surface area contributed by atoms with Gasteiger partial charge in [-0.25, -0.2) is 8.42 Å². The third-order valence-electron chi connectivity index (χ3n) is 5.32. The average molecular weight is 429 g/mol. The zero-order valence-electron chi connectivity index (χ0n) is 17.6. The van der Waals surface area contributed by atoms with Gasteiger partial charge in [-0.05, 0) is 47.2 Å². The molecule has 2 aromatic rings. The van der Waals surface area contributed by atoms with E-state index in [4.69, 9.17) is 4.74 Å². The smallest absolute Gasteiger partial charge is 0.244 e. The molecule has 1 aliphatic rings. The topological polar surface area (TPSA) is 75.7 Å². The van der Waals surface area contributed by atoms with Crippen LogP contribution in [-0.4, -0.2) is 38.3 Å². The monoisotopic (exact) mass is 428 g/mol. The molecule has 30 heavy (non-hydrogen) atoms. The number of fused-ring (bicyclic) bond motifs is 1. The van der Waals surface area contributed by atoms with Crippen LogP contribution in [0.1, 0.15) is 31.4 Å². The van der Waals surface area contributed by atoms with E-state index in [1.54, 1.807) is 31.4 Å². The van der Waals surface area contributed by atoms with Crippen LogP contribution in [0.15, 0.2) is 60.0 Å². The van der Waals surface area contributed by atoms with Gasteiger partial charge in [0, 0.05) is 13.1 Å². The molecule has 3 rings (SSSR count). The summed E-state index contributed by atoms with van der Waals surface area (Å²) < 4.78 is 33.4. The van der Waals surface area contributed by atoms with Crippen molar-refractivity contribution < 1.29 is 17.9 Å². The van der Waals surface area contributed by atoms with E-state index >= 15 is 0 Å². The third kappa shape index (κ3) is 4.42.